The molecule has 0 aromatic heterocycles. The number of ether oxygens (including phenoxy) is 1. The van der Waals surface area contributed by atoms with E-state index in [1.807, 2.05) is 0 Å². The number of halogens is 2. The molecule has 0 aliphatic carbocycles. The van der Waals surface area contributed by atoms with Gasteiger partial charge in [-0.1, -0.05) is 12.2 Å². The third-order valence-electron chi connectivity index (χ3n) is 2.05. The average Bonchev–Trinajstić information content (AvgIpc) is 2.27. The van der Waals surface area contributed by atoms with Gasteiger partial charge in [-0.05, 0) is 12.1 Å². The van der Waals surface area contributed by atoms with Crippen LogP contribution in [0, 0.1) is 0 Å². The summed E-state index contributed by atoms with van der Waals surface area (Å²) >= 11 is 0. The summed E-state index contributed by atoms with van der Waals surface area (Å²) in [5.41, 5.74) is 5.06. The lowest BCUT2D eigenvalue weighted by Gasteiger charge is -2.09. The molecule has 1 rings (SSSR count). The second-order valence-electron chi connectivity index (χ2n) is 3.09. The minimum atomic E-state index is -2.75. The van der Waals surface area contributed by atoms with E-state index in [2.05, 4.69) is 0 Å². The van der Waals surface area contributed by atoms with E-state index >= 15 is 0 Å². The molecule has 0 saturated heterocycles. The quantitative estimate of drug-likeness (QED) is 0.833. The van der Waals surface area contributed by atoms with Gasteiger partial charge in [0.25, 0.3) is 6.43 Å². The van der Waals surface area contributed by atoms with Gasteiger partial charge in [-0.3, -0.25) is 0 Å². The minimum absolute atomic E-state index is 0.264. The van der Waals surface area contributed by atoms with Crippen molar-refractivity contribution in [1.82, 2.24) is 0 Å². The van der Waals surface area contributed by atoms with Crippen LogP contribution in [0.25, 0.3) is 6.08 Å². The number of hydrogen-bond acceptors (Lipinski definition) is 3. The van der Waals surface area contributed by atoms with Crippen molar-refractivity contribution in [2.75, 3.05) is 13.7 Å². The molecule has 0 saturated carbocycles. The summed E-state index contributed by atoms with van der Waals surface area (Å²) in [4.78, 5) is 0. The van der Waals surface area contributed by atoms with Crippen molar-refractivity contribution in [3.05, 3.63) is 29.3 Å². The zero-order chi connectivity index (χ0) is 12.1. The first-order valence-electron chi connectivity index (χ1n) is 4.65. The van der Waals surface area contributed by atoms with Crippen molar-refractivity contribution < 1.29 is 18.6 Å². The van der Waals surface area contributed by atoms with Gasteiger partial charge in [-0.15, -0.1) is 0 Å². The summed E-state index contributed by atoms with van der Waals surface area (Å²) in [6, 6.07) is 2.58. The molecule has 0 radical (unpaired) electrons. The highest BCUT2D eigenvalue weighted by Crippen LogP contribution is 2.35. The second kappa shape index (κ2) is 5.46. The topological polar surface area (TPSA) is 55.5 Å². The van der Waals surface area contributed by atoms with Gasteiger partial charge >= 0.3 is 0 Å². The first-order chi connectivity index (χ1) is 7.60. The third kappa shape index (κ3) is 2.70. The van der Waals surface area contributed by atoms with Crippen molar-refractivity contribution >= 4 is 6.08 Å². The van der Waals surface area contributed by atoms with Crippen molar-refractivity contribution in [1.29, 1.82) is 0 Å². The molecule has 0 amide bonds. The van der Waals surface area contributed by atoms with E-state index in [1.54, 1.807) is 6.08 Å². The molecule has 1 aromatic rings. The predicted molar refractivity (Wildman–Crippen MR) is 57.7 cm³/mol. The molecule has 0 aliphatic heterocycles. The summed E-state index contributed by atoms with van der Waals surface area (Å²) in [7, 11) is 1.37. The standard InChI is InChI=1S/C11H13F2NO2/c1-16-8-5-7(3-2-4-14)10(15)9(6-8)11(12)13/h2-3,5-6,11,15H,4,14H2,1H3/b3-2+. The molecule has 3 N–H and O–H groups in total. The van der Waals surface area contributed by atoms with Gasteiger partial charge in [0, 0.05) is 12.1 Å². The van der Waals surface area contributed by atoms with Crippen LogP contribution < -0.4 is 10.5 Å². The maximum Gasteiger partial charge on any atom is 0.267 e. The number of methoxy groups -OCH3 is 1. The van der Waals surface area contributed by atoms with Crippen LogP contribution in [0.1, 0.15) is 17.6 Å². The molecule has 0 spiro atoms. The zero-order valence-corrected chi connectivity index (χ0v) is 8.78. The van der Waals surface area contributed by atoms with Crippen LogP contribution in [-0.2, 0) is 0 Å². The fraction of sp³-hybridized carbons (Fsp3) is 0.273. The van der Waals surface area contributed by atoms with Crippen molar-refractivity contribution in [3.63, 3.8) is 0 Å². The maximum atomic E-state index is 12.6. The molecular weight excluding hydrogens is 216 g/mol. The lowest BCUT2D eigenvalue weighted by molar-refractivity contribution is 0.147. The Labute approximate surface area is 92.1 Å². The SMILES string of the molecule is COc1cc(/C=C/CN)c(O)c(C(F)F)c1. The Morgan fingerprint density at radius 3 is 2.69 bits per heavy atom. The lowest BCUT2D eigenvalue weighted by atomic mass is 10.1. The highest BCUT2D eigenvalue weighted by Gasteiger charge is 2.16. The van der Waals surface area contributed by atoms with E-state index in [0.717, 1.165) is 6.07 Å². The molecule has 88 valence electrons. The summed E-state index contributed by atoms with van der Waals surface area (Å²) in [5.74, 6) is -0.176. The molecule has 0 atom stereocenters. The Morgan fingerprint density at radius 2 is 2.19 bits per heavy atom. The smallest absolute Gasteiger partial charge is 0.267 e. The average molecular weight is 229 g/mol. The number of nitrogens with two attached hydrogens (primary N) is 1. The normalized spacial score (nSPS) is 11.3. The van der Waals surface area contributed by atoms with Crippen molar-refractivity contribution in [3.8, 4) is 11.5 Å². The van der Waals surface area contributed by atoms with Crippen LogP contribution in [0.2, 0.25) is 0 Å². The fourth-order valence-electron chi connectivity index (χ4n) is 1.26. The van der Waals surface area contributed by atoms with Crippen LogP contribution in [0.5, 0.6) is 11.5 Å². The van der Waals surface area contributed by atoms with Gasteiger partial charge in [0.2, 0.25) is 0 Å². The molecule has 16 heavy (non-hydrogen) atoms. The summed E-state index contributed by atoms with van der Waals surface area (Å²) in [5, 5.41) is 9.58. The largest absolute Gasteiger partial charge is 0.507 e. The number of rotatable bonds is 4. The Hall–Kier alpha value is -1.62. The van der Waals surface area contributed by atoms with Crippen LogP contribution >= 0.6 is 0 Å². The van der Waals surface area contributed by atoms with E-state index in [9.17, 15) is 13.9 Å². The van der Waals surface area contributed by atoms with E-state index in [0.29, 0.717) is 0 Å². The monoisotopic (exact) mass is 229 g/mol. The number of phenolic OH excluding ortho intramolecular Hbond substituents is 1. The van der Waals surface area contributed by atoms with Gasteiger partial charge < -0.3 is 15.6 Å². The molecule has 0 aliphatic rings. The van der Waals surface area contributed by atoms with Gasteiger partial charge in [0.05, 0.1) is 12.7 Å². The second-order valence-corrected chi connectivity index (χ2v) is 3.09. The molecule has 5 heteroatoms. The maximum absolute atomic E-state index is 12.6. The zero-order valence-electron chi connectivity index (χ0n) is 8.78. The van der Waals surface area contributed by atoms with E-state index in [4.69, 9.17) is 10.5 Å². The first kappa shape index (κ1) is 12.4. The van der Waals surface area contributed by atoms with Crippen LogP contribution in [0.15, 0.2) is 18.2 Å². The van der Waals surface area contributed by atoms with Gasteiger partial charge in [-0.25, -0.2) is 8.78 Å². The van der Waals surface area contributed by atoms with E-state index in [1.165, 1.54) is 19.3 Å². The highest BCUT2D eigenvalue weighted by atomic mass is 19.3. The van der Waals surface area contributed by atoms with Crippen LogP contribution in [-0.4, -0.2) is 18.8 Å². The molecule has 3 nitrogen and oxygen atoms in total. The van der Waals surface area contributed by atoms with Crippen LogP contribution in [0.3, 0.4) is 0 Å². The molecular formula is C11H13F2NO2. The third-order valence-corrected chi connectivity index (χ3v) is 2.05. The summed E-state index contributed by atoms with van der Waals surface area (Å²) in [6.45, 7) is 0.265. The van der Waals surface area contributed by atoms with Gasteiger partial charge in [-0.2, -0.15) is 0 Å². The van der Waals surface area contributed by atoms with Crippen molar-refractivity contribution in [2.45, 2.75) is 6.43 Å². The number of aromatic hydroxyl groups is 1. The molecule has 0 heterocycles. The Balaban J connectivity index is 3.25. The van der Waals surface area contributed by atoms with E-state index in [-0.39, 0.29) is 17.9 Å². The molecule has 0 fully saturated rings. The fourth-order valence-corrected chi connectivity index (χ4v) is 1.26. The minimum Gasteiger partial charge on any atom is -0.507 e. The number of hydrogen-bond donors (Lipinski definition) is 2. The van der Waals surface area contributed by atoms with Crippen LogP contribution in [0.4, 0.5) is 8.78 Å². The Bertz CT molecular complexity index is 392. The number of phenols is 1. The summed E-state index contributed by atoms with van der Waals surface area (Å²) < 4.78 is 30.0. The van der Waals surface area contributed by atoms with Gasteiger partial charge in [0.1, 0.15) is 11.5 Å². The van der Waals surface area contributed by atoms with Crippen molar-refractivity contribution in [2.24, 2.45) is 5.73 Å². The lowest BCUT2D eigenvalue weighted by Crippen LogP contribution is -1.94. The summed E-state index contributed by atoms with van der Waals surface area (Å²) in [6.07, 6.45) is 0.285. The molecule has 0 unspecified atom stereocenters. The number of alkyl halides is 2. The number of benzene rings is 1. The Morgan fingerprint density at radius 1 is 1.50 bits per heavy atom. The highest BCUT2D eigenvalue weighted by molar-refractivity contribution is 5.62. The first-order valence-corrected chi connectivity index (χ1v) is 4.65. The van der Waals surface area contributed by atoms with E-state index < -0.39 is 17.7 Å². The predicted octanol–water partition coefficient (Wildman–Crippen LogP) is 2.31. The van der Waals surface area contributed by atoms with Gasteiger partial charge in [0.15, 0.2) is 0 Å². The Kier molecular flexibility index (Phi) is 4.25. The molecule has 0 bridgehead atoms. The molecule has 1 aromatic carbocycles.